The van der Waals surface area contributed by atoms with E-state index in [1.54, 1.807) is 12.4 Å². The molecule has 0 spiro atoms. The SMILES string of the molecule is CC(C)(C)Nc1nc(Nc2cccc(Cl)c2)cc(-c2cccnc2)n1. The van der Waals surface area contributed by atoms with Gasteiger partial charge in [-0.15, -0.1) is 0 Å². The Hall–Kier alpha value is -2.66. The summed E-state index contributed by atoms with van der Waals surface area (Å²) < 4.78 is 0. The topological polar surface area (TPSA) is 62.7 Å². The van der Waals surface area contributed by atoms with Crippen molar-refractivity contribution in [1.82, 2.24) is 15.0 Å². The molecule has 128 valence electrons. The Labute approximate surface area is 152 Å². The van der Waals surface area contributed by atoms with E-state index < -0.39 is 0 Å². The Morgan fingerprint density at radius 2 is 1.84 bits per heavy atom. The van der Waals surface area contributed by atoms with Crippen LogP contribution < -0.4 is 10.6 Å². The van der Waals surface area contributed by atoms with E-state index in [4.69, 9.17) is 11.6 Å². The molecule has 0 saturated carbocycles. The Kier molecular flexibility index (Phi) is 4.86. The molecule has 0 bridgehead atoms. The number of hydrogen-bond donors (Lipinski definition) is 2. The van der Waals surface area contributed by atoms with E-state index in [-0.39, 0.29) is 5.54 Å². The van der Waals surface area contributed by atoms with E-state index in [1.807, 2.05) is 42.5 Å². The lowest BCUT2D eigenvalue weighted by Gasteiger charge is -2.21. The third kappa shape index (κ3) is 4.90. The van der Waals surface area contributed by atoms with Gasteiger partial charge < -0.3 is 10.6 Å². The molecule has 25 heavy (non-hydrogen) atoms. The Balaban J connectivity index is 2.00. The van der Waals surface area contributed by atoms with Crippen molar-refractivity contribution in [2.45, 2.75) is 26.3 Å². The van der Waals surface area contributed by atoms with E-state index in [9.17, 15) is 0 Å². The van der Waals surface area contributed by atoms with Gasteiger partial charge in [-0.3, -0.25) is 4.98 Å². The number of benzene rings is 1. The van der Waals surface area contributed by atoms with Crippen molar-refractivity contribution < 1.29 is 0 Å². The largest absolute Gasteiger partial charge is 0.350 e. The van der Waals surface area contributed by atoms with Gasteiger partial charge in [0.1, 0.15) is 5.82 Å². The Morgan fingerprint density at radius 3 is 2.52 bits per heavy atom. The smallest absolute Gasteiger partial charge is 0.225 e. The maximum Gasteiger partial charge on any atom is 0.225 e. The van der Waals surface area contributed by atoms with Crippen molar-refractivity contribution in [3.8, 4) is 11.3 Å². The molecule has 0 saturated heterocycles. The first kappa shape index (κ1) is 17.2. The van der Waals surface area contributed by atoms with Gasteiger partial charge in [-0.25, -0.2) is 4.98 Å². The van der Waals surface area contributed by atoms with E-state index >= 15 is 0 Å². The monoisotopic (exact) mass is 353 g/mol. The Morgan fingerprint density at radius 1 is 1.00 bits per heavy atom. The summed E-state index contributed by atoms with van der Waals surface area (Å²) in [5.74, 6) is 1.24. The predicted octanol–water partition coefficient (Wildman–Crippen LogP) is 5.15. The fourth-order valence-electron chi connectivity index (χ4n) is 2.28. The highest BCUT2D eigenvalue weighted by atomic mass is 35.5. The van der Waals surface area contributed by atoms with Crippen LogP contribution in [0.3, 0.4) is 0 Å². The number of hydrogen-bond acceptors (Lipinski definition) is 5. The average molecular weight is 354 g/mol. The third-order valence-electron chi connectivity index (χ3n) is 3.27. The maximum absolute atomic E-state index is 6.06. The second-order valence-electron chi connectivity index (χ2n) is 6.71. The second-order valence-corrected chi connectivity index (χ2v) is 7.15. The van der Waals surface area contributed by atoms with Gasteiger partial charge in [0.25, 0.3) is 0 Å². The van der Waals surface area contributed by atoms with Crippen LogP contribution in [0.15, 0.2) is 54.9 Å². The summed E-state index contributed by atoms with van der Waals surface area (Å²) in [5.41, 5.74) is 2.43. The molecular formula is C19H20ClN5. The molecule has 0 radical (unpaired) electrons. The average Bonchev–Trinajstić information content (AvgIpc) is 2.54. The van der Waals surface area contributed by atoms with E-state index in [0.29, 0.717) is 16.8 Å². The minimum absolute atomic E-state index is 0.152. The lowest BCUT2D eigenvalue weighted by molar-refractivity contribution is 0.626. The molecule has 2 heterocycles. The van der Waals surface area contributed by atoms with Crippen LogP contribution in [-0.2, 0) is 0 Å². The molecular weight excluding hydrogens is 334 g/mol. The summed E-state index contributed by atoms with van der Waals surface area (Å²) in [6.45, 7) is 6.20. The second kappa shape index (κ2) is 7.07. The van der Waals surface area contributed by atoms with Crippen molar-refractivity contribution in [2.24, 2.45) is 0 Å². The van der Waals surface area contributed by atoms with E-state index in [2.05, 4.69) is 46.4 Å². The van der Waals surface area contributed by atoms with Gasteiger partial charge >= 0.3 is 0 Å². The lowest BCUT2D eigenvalue weighted by atomic mass is 10.1. The molecule has 0 unspecified atom stereocenters. The highest BCUT2D eigenvalue weighted by Crippen LogP contribution is 2.25. The zero-order valence-electron chi connectivity index (χ0n) is 14.4. The minimum atomic E-state index is -0.152. The summed E-state index contributed by atoms with van der Waals surface area (Å²) in [6, 6.07) is 13.3. The summed E-state index contributed by atoms with van der Waals surface area (Å²) in [6.07, 6.45) is 3.52. The number of aromatic nitrogens is 3. The Bertz CT molecular complexity index is 859. The zero-order valence-corrected chi connectivity index (χ0v) is 15.2. The normalized spacial score (nSPS) is 11.2. The van der Waals surface area contributed by atoms with Gasteiger partial charge in [-0.2, -0.15) is 4.98 Å². The molecule has 3 aromatic rings. The van der Waals surface area contributed by atoms with E-state index in [0.717, 1.165) is 16.9 Å². The number of rotatable bonds is 4. The van der Waals surface area contributed by atoms with Crippen LogP contribution in [0.2, 0.25) is 5.02 Å². The van der Waals surface area contributed by atoms with Gasteiger partial charge in [0.2, 0.25) is 5.95 Å². The van der Waals surface area contributed by atoms with Crippen molar-refractivity contribution in [2.75, 3.05) is 10.6 Å². The van der Waals surface area contributed by atoms with Crippen molar-refractivity contribution >= 4 is 29.1 Å². The summed E-state index contributed by atoms with van der Waals surface area (Å²) in [7, 11) is 0. The summed E-state index contributed by atoms with van der Waals surface area (Å²) in [5, 5.41) is 7.27. The predicted molar refractivity (Wildman–Crippen MR) is 103 cm³/mol. The third-order valence-corrected chi connectivity index (χ3v) is 3.50. The molecule has 0 aliphatic heterocycles. The molecule has 3 rings (SSSR count). The van der Waals surface area contributed by atoms with Crippen LogP contribution in [0.5, 0.6) is 0 Å². The molecule has 0 atom stereocenters. The first-order chi connectivity index (χ1) is 11.9. The number of pyridine rings is 1. The quantitative estimate of drug-likeness (QED) is 0.679. The van der Waals surface area contributed by atoms with Crippen molar-refractivity contribution in [3.63, 3.8) is 0 Å². The minimum Gasteiger partial charge on any atom is -0.350 e. The first-order valence-electron chi connectivity index (χ1n) is 7.99. The van der Waals surface area contributed by atoms with Gasteiger partial charge in [0, 0.05) is 40.3 Å². The molecule has 2 N–H and O–H groups in total. The molecule has 6 heteroatoms. The molecule has 5 nitrogen and oxygen atoms in total. The zero-order chi connectivity index (χ0) is 17.9. The van der Waals surface area contributed by atoms with Crippen LogP contribution >= 0.6 is 11.6 Å². The van der Waals surface area contributed by atoms with Crippen LogP contribution in [0.25, 0.3) is 11.3 Å². The van der Waals surface area contributed by atoms with Gasteiger partial charge in [0.15, 0.2) is 0 Å². The number of halogens is 1. The van der Waals surface area contributed by atoms with Crippen LogP contribution in [0, 0.1) is 0 Å². The first-order valence-corrected chi connectivity index (χ1v) is 8.37. The fourth-order valence-corrected chi connectivity index (χ4v) is 2.47. The van der Waals surface area contributed by atoms with Crippen LogP contribution in [-0.4, -0.2) is 20.5 Å². The van der Waals surface area contributed by atoms with Gasteiger partial charge in [-0.05, 0) is 51.1 Å². The fraction of sp³-hybridized carbons (Fsp3) is 0.211. The lowest BCUT2D eigenvalue weighted by Crippen LogP contribution is -2.27. The molecule has 0 aliphatic rings. The summed E-state index contributed by atoms with van der Waals surface area (Å²) in [4.78, 5) is 13.4. The number of nitrogens with one attached hydrogen (secondary N) is 2. The molecule has 0 fully saturated rings. The highest BCUT2D eigenvalue weighted by Gasteiger charge is 2.14. The summed E-state index contributed by atoms with van der Waals surface area (Å²) >= 11 is 6.06. The van der Waals surface area contributed by atoms with Crippen molar-refractivity contribution in [1.29, 1.82) is 0 Å². The maximum atomic E-state index is 6.06. The standard InChI is InChI=1S/C19H20ClN5/c1-19(2,3)25-18-23-16(13-6-5-9-21-12-13)11-17(24-18)22-15-8-4-7-14(20)10-15/h4-12H,1-3H3,(H2,22,23,24,25). The molecule has 0 aliphatic carbocycles. The van der Waals surface area contributed by atoms with Gasteiger partial charge in [0.05, 0.1) is 5.69 Å². The van der Waals surface area contributed by atoms with Crippen LogP contribution in [0.4, 0.5) is 17.5 Å². The van der Waals surface area contributed by atoms with E-state index in [1.165, 1.54) is 0 Å². The van der Waals surface area contributed by atoms with Crippen molar-refractivity contribution in [3.05, 3.63) is 59.9 Å². The molecule has 2 aromatic heterocycles. The highest BCUT2D eigenvalue weighted by molar-refractivity contribution is 6.30. The number of nitrogens with zero attached hydrogens (tertiary/aromatic N) is 3. The molecule has 1 aromatic carbocycles. The molecule has 0 amide bonds. The number of anilines is 3. The van der Waals surface area contributed by atoms with Gasteiger partial charge in [-0.1, -0.05) is 17.7 Å². The van der Waals surface area contributed by atoms with Crippen LogP contribution in [0.1, 0.15) is 20.8 Å².